The fourth-order valence-corrected chi connectivity index (χ4v) is 5.47. The Morgan fingerprint density at radius 3 is 2.79 bits per heavy atom. The fraction of sp³-hybridized carbons (Fsp3) is 0.286. The Labute approximate surface area is 156 Å². The zero-order valence-corrected chi connectivity index (χ0v) is 16.2. The van der Waals surface area contributed by atoms with Crippen molar-refractivity contribution in [1.29, 1.82) is 0 Å². The smallest absolute Gasteiger partial charge is 0.243 e. The van der Waals surface area contributed by atoms with Gasteiger partial charge in [-0.15, -0.1) is 0 Å². The SMILES string of the molecule is O=S(=O)(c1cccc(-c2nn3c(I)cnc3s2)c1)N1CCOCC1. The fourth-order valence-electron chi connectivity index (χ4n) is 2.51. The number of halogens is 1. The number of sulfonamides is 1. The Morgan fingerprint density at radius 1 is 1.25 bits per heavy atom. The second kappa shape index (κ2) is 6.33. The topological polar surface area (TPSA) is 76.8 Å². The number of hydrogen-bond donors (Lipinski definition) is 0. The van der Waals surface area contributed by atoms with E-state index in [4.69, 9.17) is 4.74 Å². The van der Waals surface area contributed by atoms with Crippen LogP contribution in [0.25, 0.3) is 15.5 Å². The number of fused-ring (bicyclic) bond motifs is 1. The second-order valence-corrected chi connectivity index (χ2v) is 9.23. The maximum absolute atomic E-state index is 12.8. The van der Waals surface area contributed by atoms with Crippen LogP contribution in [0.1, 0.15) is 0 Å². The van der Waals surface area contributed by atoms with Crippen molar-refractivity contribution < 1.29 is 13.2 Å². The summed E-state index contributed by atoms with van der Waals surface area (Å²) in [6.07, 6.45) is 1.75. The molecule has 0 amide bonds. The Kier molecular flexibility index (Phi) is 4.33. The number of nitrogens with zero attached hydrogens (tertiary/aromatic N) is 4. The monoisotopic (exact) mass is 476 g/mol. The number of morpholine rings is 1. The molecular weight excluding hydrogens is 463 g/mol. The highest BCUT2D eigenvalue weighted by Gasteiger charge is 2.26. The average Bonchev–Trinajstić information content (AvgIpc) is 3.18. The first-order chi connectivity index (χ1) is 11.6. The minimum atomic E-state index is -3.51. The van der Waals surface area contributed by atoms with Gasteiger partial charge >= 0.3 is 0 Å². The number of hydrogen-bond acceptors (Lipinski definition) is 6. The highest BCUT2D eigenvalue weighted by Crippen LogP contribution is 2.29. The third kappa shape index (κ3) is 2.86. The number of benzene rings is 1. The van der Waals surface area contributed by atoms with E-state index in [9.17, 15) is 8.42 Å². The third-order valence-corrected chi connectivity index (χ3v) is 7.33. The highest BCUT2D eigenvalue weighted by atomic mass is 127. The Balaban J connectivity index is 1.72. The molecule has 0 aliphatic carbocycles. The van der Waals surface area contributed by atoms with Crippen LogP contribution in [0.2, 0.25) is 0 Å². The lowest BCUT2D eigenvalue weighted by Crippen LogP contribution is -2.40. The van der Waals surface area contributed by atoms with E-state index in [0.717, 1.165) is 19.2 Å². The molecule has 3 aromatic rings. The van der Waals surface area contributed by atoms with Gasteiger partial charge in [-0.2, -0.15) is 13.9 Å². The van der Waals surface area contributed by atoms with Crippen LogP contribution in [0.4, 0.5) is 0 Å². The highest BCUT2D eigenvalue weighted by molar-refractivity contribution is 14.1. The molecule has 0 N–H and O–H groups in total. The van der Waals surface area contributed by atoms with Gasteiger partial charge in [0.15, 0.2) is 0 Å². The lowest BCUT2D eigenvalue weighted by atomic mass is 10.2. The lowest BCUT2D eigenvalue weighted by Gasteiger charge is -2.26. The summed E-state index contributed by atoms with van der Waals surface area (Å²) in [5.74, 6) is 0. The molecule has 24 heavy (non-hydrogen) atoms. The number of aromatic nitrogens is 3. The molecule has 0 spiro atoms. The molecule has 7 nitrogen and oxygen atoms in total. The molecule has 126 valence electrons. The molecule has 0 unspecified atom stereocenters. The van der Waals surface area contributed by atoms with E-state index in [-0.39, 0.29) is 4.90 Å². The maximum Gasteiger partial charge on any atom is 0.243 e. The van der Waals surface area contributed by atoms with Gasteiger partial charge in [-0.3, -0.25) is 0 Å². The summed E-state index contributed by atoms with van der Waals surface area (Å²) >= 11 is 3.60. The first kappa shape index (κ1) is 16.4. The van der Waals surface area contributed by atoms with Crippen molar-refractivity contribution in [3.8, 4) is 10.6 Å². The van der Waals surface area contributed by atoms with E-state index in [1.807, 2.05) is 6.07 Å². The normalized spacial score (nSPS) is 16.7. The molecule has 4 rings (SSSR count). The van der Waals surface area contributed by atoms with Crippen molar-refractivity contribution in [3.63, 3.8) is 0 Å². The van der Waals surface area contributed by atoms with Crippen LogP contribution in [0.3, 0.4) is 0 Å². The molecule has 0 atom stereocenters. The van der Waals surface area contributed by atoms with Crippen LogP contribution in [0, 0.1) is 3.70 Å². The molecule has 3 heterocycles. The van der Waals surface area contributed by atoms with Crippen molar-refractivity contribution >= 4 is 48.9 Å². The summed E-state index contributed by atoms with van der Waals surface area (Å²) in [6, 6.07) is 6.91. The van der Waals surface area contributed by atoms with Gasteiger partial charge < -0.3 is 4.74 Å². The molecule has 0 saturated carbocycles. The van der Waals surface area contributed by atoms with Gasteiger partial charge in [0.25, 0.3) is 0 Å². The number of rotatable bonds is 3. The van der Waals surface area contributed by atoms with Crippen LogP contribution in [0.15, 0.2) is 35.4 Å². The minimum Gasteiger partial charge on any atom is -0.379 e. The van der Waals surface area contributed by atoms with Crippen molar-refractivity contribution in [2.24, 2.45) is 0 Å². The van der Waals surface area contributed by atoms with Gasteiger partial charge in [0, 0.05) is 18.7 Å². The van der Waals surface area contributed by atoms with E-state index in [1.165, 1.54) is 15.6 Å². The number of imidazole rings is 1. The zero-order chi connectivity index (χ0) is 16.7. The Morgan fingerprint density at radius 2 is 2.04 bits per heavy atom. The van der Waals surface area contributed by atoms with Crippen LogP contribution in [-0.4, -0.2) is 53.6 Å². The van der Waals surface area contributed by atoms with E-state index in [0.29, 0.717) is 26.3 Å². The molecule has 0 bridgehead atoms. The molecule has 2 aromatic heterocycles. The predicted molar refractivity (Wildman–Crippen MR) is 98.6 cm³/mol. The van der Waals surface area contributed by atoms with E-state index < -0.39 is 10.0 Å². The largest absolute Gasteiger partial charge is 0.379 e. The van der Waals surface area contributed by atoms with Gasteiger partial charge in [0.2, 0.25) is 15.0 Å². The van der Waals surface area contributed by atoms with Crippen LogP contribution < -0.4 is 0 Å². The second-order valence-electron chi connectivity index (χ2n) is 5.23. The Bertz CT molecular complexity index is 993. The third-order valence-electron chi connectivity index (χ3n) is 3.73. The summed E-state index contributed by atoms with van der Waals surface area (Å²) in [6.45, 7) is 1.63. The molecule has 1 aliphatic rings. The number of ether oxygens (including phenoxy) is 1. The van der Waals surface area contributed by atoms with Gasteiger partial charge in [-0.05, 0) is 34.7 Å². The van der Waals surface area contributed by atoms with Crippen molar-refractivity contribution in [2.75, 3.05) is 26.3 Å². The van der Waals surface area contributed by atoms with E-state index in [1.54, 1.807) is 28.9 Å². The average molecular weight is 476 g/mol. The summed E-state index contributed by atoms with van der Waals surface area (Å²) in [7, 11) is -3.51. The van der Waals surface area contributed by atoms with Gasteiger partial charge in [-0.25, -0.2) is 13.4 Å². The molecule has 0 radical (unpaired) electrons. The summed E-state index contributed by atoms with van der Waals surface area (Å²) in [4.78, 5) is 5.35. The van der Waals surface area contributed by atoms with E-state index >= 15 is 0 Å². The Hall–Kier alpha value is -1.08. The van der Waals surface area contributed by atoms with Gasteiger partial charge in [0.05, 0.1) is 24.3 Å². The zero-order valence-electron chi connectivity index (χ0n) is 12.4. The summed E-state index contributed by atoms with van der Waals surface area (Å²) in [5, 5.41) is 5.26. The minimum absolute atomic E-state index is 0.282. The molecule has 1 saturated heterocycles. The quantitative estimate of drug-likeness (QED) is 0.542. The first-order valence-corrected chi connectivity index (χ1v) is 10.6. The van der Waals surface area contributed by atoms with Crippen molar-refractivity contribution in [3.05, 3.63) is 34.2 Å². The molecule has 1 aliphatic heterocycles. The standard InChI is InChI=1S/C14H13IN4O3S2/c15-12-9-16-14-19(12)17-13(23-14)10-2-1-3-11(8-10)24(20,21)18-4-6-22-7-5-18/h1-3,8-9H,4-7H2. The predicted octanol–water partition coefficient (Wildman–Crippen LogP) is 2.08. The first-order valence-electron chi connectivity index (χ1n) is 7.24. The maximum atomic E-state index is 12.8. The molecular formula is C14H13IN4O3S2. The molecule has 1 fully saturated rings. The van der Waals surface area contributed by atoms with Crippen LogP contribution >= 0.6 is 33.9 Å². The molecule has 10 heteroatoms. The van der Waals surface area contributed by atoms with E-state index in [2.05, 4.69) is 32.7 Å². The van der Waals surface area contributed by atoms with Crippen molar-refractivity contribution in [1.82, 2.24) is 18.9 Å². The van der Waals surface area contributed by atoms with Crippen molar-refractivity contribution in [2.45, 2.75) is 4.90 Å². The summed E-state index contributed by atoms with van der Waals surface area (Å²) in [5.41, 5.74) is 0.774. The van der Waals surface area contributed by atoms with Crippen LogP contribution in [0.5, 0.6) is 0 Å². The summed E-state index contributed by atoms with van der Waals surface area (Å²) < 4.78 is 34.9. The molecule has 1 aromatic carbocycles. The lowest BCUT2D eigenvalue weighted by molar-refractivity contribution is 0.0730. The van der Waals surface area contributed by atoms with Gasteiger partial charge in [-0.1, -0.05) is 23.5 Å². The van der Waals surface area contributed by atoms with Gasteiger partial charge in [0.1, 0.15) is 8.71 Å². The van der Waals surface area contributed by atoms with Crippen LogP contribution in [-0.2, 0) is 14.8 Å².